The van der Waals surface area contributed by atoms with Crippen molar-refractivity contribution in [1.82, 2.24) is 10.3 Å². The lowest BCUT2D eigenvalue weighted by molar-refractivity contribution is 0.0941. The monoisotopic (exact) mass is 240 g/mol. The number of H-pyrrole nitrogens is 1. The van der Waals surface area contributed by atoms with E-state index in [1.54, 1.807) is 18.3 Å². The first-order chi connectivity index (χ1) is 7.65. The van der Waals surface area contributed by atoms with E-state index in [2.05, 4.69) is 10.3 Å². The van der Waals surface area contributed by atoms with Crippen LogP contribution in [-0.2, 0) is 0 Å². The van der Waals surface area contributed by atoms with Gasteiger partial charge in [0.25, 0.3) is 5.91 Å². The molecule has 0 aliphatic carbocycles. The number of aliphatic hydroxyl groups excluding tert-OH is 1. The lowest BCUT2D eigenvalue weighted by Crippen LogP contribution is -2.27. The molecule has 0 aliphatic heterocycles. The largest absolute Gasteiger partial charge is 0.393 e. The first kappa shape index (κ1) is 12.9. The Bertz CT molecular complexity index is 403. The molecular weight excluding hydrogens is 224 g/mol. The Morgan fingerprint density at radius 3 is 3.06 bits per heavy atom. The molecule has 4 nitrogen and oxygen atoms in total. The minimum absolute atomic E-state index is 0.204. The molecule has 0 aromatic carbocycles. The molecular formula is C11H16N2O2S. The van der Waals surface area contributed by atoms with Crippen LogP contribution in [0.25, 0.3) is 0 Å². The van der Waals surface area contributed by atoms with E-state index in [4.69, 9.17) is 12.2 Å². The summed E-state index contributed by atoms with van der Waals surface area (Å²) in [5.41, 5.74) is 0.462. The Balaban J connectivity index is 2.48. The van der Waals surface area contributed by atoms with Gasteiger partial charge >= 0.3 is 0 Å². The third-order valence-corrected chi connectivity index (χ3v) is 2.63. The van der Waals surface area contributed by atoms with Gasteiger partial charge in [0.15, 0.2) is 0 Å². The maximum Gasteiger partial charge on any atom is 0.254 e. The maximum absolute atomic E-state index is 11.7. The molecule has 0 fully saturated rings. The molecule has 5 heteroatoms. The third-order valence-electron chi connectivity index (χ3n) is 2.30. The van der Waals surface area contributed by atoms with Gasteiger partial charge in [0.05, 0.1) is 11.7 Å². The number of carbonyl (C=O) groups is 1. The van der Waals surface area contributed by atoms with Crippen molar-refractivity contribution in [1.29, 1.82) is 0 Å². The van der Waals surface area contributed by atoms with Crippen molar-refractivity contribution in [2.24, 2.45) is 0 Å². The van der Waals surface area contributed by atoms with Crippen LogP contribution < -0.4 is 5.32 Å². The fraction of sp³-hybridized carbons (Fsp3) is 0.455. The van der Waals surface area contributed by atoms with Crippen molar-refractivity contribution >= 4 is 18.1 Å². The molecule has 1 amide bonds. The molecule has 0 radical (unpaired) electrons. The van der Waals surface area contributed by atoms with Gasteiger partial charge in [-0.05, 0) is 25.0 Å². The highest BCUT2D eigenvalue weighted by Gasteiger charge is 2.07. The minimum Gasteiger partial charge on any atom is -0.393 e. The zero-order valence-corrected chi connectivity index (χ0v) is 10.0. The Kier molecular flexibility index (Phi) is 5.14. The van der Waals surface area contributed by atoms with Crippen molar-refractivity contribution in [3.63, 3.8) is 0 Å². The van der Waals surface area contributed by atoms with Crippen LogP contribution in [0.4, 0.5) is 0 Å². The number of aromatic amines is 1. The molecule has 1 atom stereocenters. The highest BCUT2D eigenvalue weighted by molar-refractivity contribution is 7.71. The van der Waals surface area contributed by atoms with Crippen LogP contribution in [0.1, 0.15) is 30.1 Å². The summed E-state index contributed by atoms with van der Waals surface area (Å²) in [5.74, 6) is -0.204. The Morgan fingerprint density at radius 1 is 1.69 bits per heavy atom. The van der Waals surface area contributed by atoms with Gasteiger partial charge in [-0.25, -0.2) is 0 Å². The van der Waals surface area contributed by atoms with E-state index in [1.165, 1.54) is 0 Å². The predicted molar refractivity (Wildman–Crippen MR) is 64.9 cm³/mol. The van der Waals surface area contributed by atoms with Crippen molar-refractivity contribution in [2.45, 2.75) is 25.9 Å². The summed E-state index contributed by atoms with van der Waals surface area (Å²) in [6.45, 7) is 2.36. The van der Waals surface area contributed by atoms with Crippen molar-refractivity contribution in [3.8, 4) is 0 Å². The van der Waals surface area contributed by atoms with Crippen LogP contribution in [0.5, 0.6) is 0 Å². The Hall–Kier alpha value is -1.20. The van der Waals surface area contributed by atoms with E-state index in [1.807, 2.05) is 6.92 Å². The maximum atomic E-state index is 11.7. The van der Waals surface area contributed by atoms with Crippen LogP contribution in [0.3, 0.4) is 0 Å². The van der Waals surface area contributed by atoms with Crippen LogP contribution in [0.2, 0.25) is 0 Å². The highest BCUT2D eigenvalue weighted by Crippen LogP contribution is 2.00. The number of amides is 1. The molecule has 16 heavy (non-hydrogen) atoms. The predicted octanol–water partition coefficient (Wildman–Crippen LogP) is 1.63. The van der Waals surface area contributed by atoms with Gasteiger partial charge in [-0.2, -0.15) is 0 Å². The van der Waals surface area contributed by atoms with Gasteiger partial charge in [0, 0.05) is 12.7 Å². The lowest BCUT2D eigenvalue weighted by Gasteiger charge is -2.08. The van der Waals surface area contributed by atoms with Gasteiger partial charge in [-0.1, -0.05) is 19.1 Å². The van der Waals surface area contributed by atoms with E-state index in [0.717, 1.165) is 0 Å². The van der Waals surface area contributed by atoms with Crippen LogP contribution in [0, 0.1) is 4.64 Å². The quantitative estimate of drug-likeness (QED) is 0.685. The summed E-state index contributed by atoms with van der Waals surface area (Å²) in [4.78, 5) is 14.5. The zero-order valence-electron chi connectivity index (χ0n) is 9.19. The van der Waals surface area contributed by atoms with Crippen molar-refractivity contribution in [3.05, 3.63) is 28.5 Å². The summed E-state index contributed by atoms with van der Waals surface area (Å²) in [7, 11) is 0. The average Bonchev–Trinajstić information content (AvgIpc) is 2.29. The molecule has 0 saturated heterocycles. The molecule has 1 heterocycles. The number of hydrogen-bond donors (Lipinski definition) is 3. The summed E-state index contributed by atoms with van der Waals surface area (Å²) < 4.78 is 0.427. The topological polar surface area (TPSA) is 65.1 Å². The first-order valence-corrected chi connectivity index (χ1v) is 5.70. The second-order valence-electron chi connectivity index (χ2n) is 3.52. The normalized spacial score (nSPS) is 12.1. The summed E-state index contributed by atoms with van der Waals surface area (Å²) >= 11 is 4.99. The van der Waals surface area contributed by atoms with Gasteiger partial charge in [-0.15, -0.1) is 0 Å². The molecule has 1 unspecified atom stereocenters. The first-order valence-electron chi connectivity index (χ1n) is 5.29. The Morgan fingerprint density at radius 2 is 2.44 bits per heavy atom. The van der Waals surface area contributed by atoms with E-state index < -0.39 is 0 Å². The van der Waals surface area contributed by atoms with Gasteiger partial charge in [0.1, 0.15) is 4.64 Å². The number of carbonyl (C=O) groups excluding carboxylic acids is 1. The van der Waals surface area contributed by atoms with Crippen LogP contribution in [0.15, 0.2) is 18.3 Å². The molecule has 1 rings (SSSR count). The van der Waals surface area contributed by atoms with Gasteiger partial charge < -0.3 is 15.4 Å². The second kappa shape index (κ2) is 6.40. The average molecular weight is 240 g/mol. The molecule has 0 saturated carbocycles. The zero-order chi connectivity index (χ0) is 12.0. The lowest BCUT2D eigenvalue weighted by atomic mass is 10.2. The fourth-order valence-corrected chi connectivity index (χ4v) is 1.48. The Labute approximate surface area is 99.7 Å². The molecule has 0 spiro atoms. The number of hydrogen-bond acceptors (Lipinski definition) is 3. The van der Waals surface area contributed by atoms with E-state index >= 15 is 0 Å². The SMILES string of the molecule is CCC(O)CCNC(=O)c1ccc[nH]c1=S. The van der Waals surface area contributed by atoms with E-state index in [9.17, 15) is 9.90 Å². The second-order valence-corrected chi connectivity index (χ2v) is 3.93. The number of rotatable bonds is 5. The van der Waals surface area contributed by atoms with Crippen molar-refractivity contribution in [2.75, 3.05) is 6.54 Å². The van der Waals surface area contributed by atoms with Crippen molar-refractivity contribution < 1.29 is 9.90 Å². The number of aromatic nitrogens is 1. The molecule has 1 aromatic rings. The summed E-state index contributed by atoms with van der Waals surface area (Å²) in [6.07, 6.45) is 2.58. The highest BCUT2D eigenvalue weighted by atomic mass is 32.1. The van der Waals surface area contributed by atoms with E-state index in [-0.39, 0.29) is 12.0 Å². The molecule has 88 valence electrons. The smallest absolute Gasteiger partial charge is 0.254 e. The number of aliphatic hydroxyl groups is 1. The van der Waals surface area contributed by atoms with E-state index in [0.29, 0.717) is 29.6 Å². The number of nitrogens with one attached hydrogen (secondary N) is 2. The standard InChI is InChI=1S/C11H16N2O2S/c1-2-8(14)5-7-12-10(15)9-4-3-6-13-11(9)16/h3-4,6,8,14H,2,5,7H2,1H3,(H,12,15)(H,13,16). The number of pyridine rings is 1. The van der Waals surface area contributed by atoms with Gasteiger partial charge in [-0.3, -0.25) is 4.79 Å². The molecule has 0 aliphatic rings. The minimum atomic E-state index is -0.356. The third kappa shape index (κ3) is 3.75. The van der Waals surface area contributed by atoms with Gasteiger partial charge in [0.2, 0.25) is 0 Å². The molecule has 0 bridgehead atoms. The van der Waals surface area contributed by atoms with Crippen LogP contribution >= 0.6 is 12.2 Å². The van der Waals surface area contributed by atoms with Crippen LogP contribution in [-0.4, -0.2) is 28.6 Å². The molecule has 3 N–H and O–H groups in total. The fourth-order valence-electron chi connectivity index (χ4n) is 1.25. The summed E-state index contributed by atoms with van der Waals surface area (Å²) in [5, 5.41) is 12.0. The summed E-state index contributed by atoms with van der Waals surface area (Å²) in [6, 6.07) is 3.40. The molecule has 1 aromatic heterocycles.